The standard InChI is InChI=1S/C21H29FO3/c1-21-11-14(12-25-9-8-22)20-16-5-3-15(23)10-13(16)2-4-17(20)18(21)6-7-19(21)24/h3,5,10,14,17-20,23-24H,2,4,6-9,11-12H2,1H3/t14-,17?,18?,19?,20?,21?/m1/s1. The Balaban J connectivity index is 1.70. The summed E-state index contributed by atoms with van der Waals surface area (Å²) in [5.41, 5.74) is 2.55. The summed E-state index contributed by atoms with van der Waals surface area (Å²) in [7, 11) is 0. The maximum Gasteiger partial charge on any atom is 0.115 e. The molecule has 0 aromatic heterocycles. The van der Waals surface area contributed by atoms with Crippen LogP contribution in [0.2, 0.25) is 0 Å². The summed E-state index contributed by atoms with van der Waals surface area (Å²) < 4.78 is 18.2. The number of hydrogen-bond donors (Lipinski definition) is 2. The lowest BCUT2D eigenvalue weighted by Gasteiger charge is -2.53. The van der Waals surface area contributed by atoms with E-state index >= 15 is 0 Å². The predicted molar refractivity (Wildman–Crippen MR) is 94.4 cm³/mol. The number of halogens is 1. The van der Waals surface area contributed by atoms with Crippen LogP contribution in [-0.4, -0.2) is 36.2 Å². The van der Waals surface area contributed by atoms with Gasteiger partial charge in [-0.05, 0) is 84.5 Å². The Morgan fingerprint density at radius 2 is 2.12 bits per heavy atom. The number of phenols is 1. The zero-order valence-corrected chi connectivity index (χ0v) is 15.0. The Morgan fingerprint density at radius 3 is 2.92 bits per heavy atom. The molecule has 0 bridgehead atoms. The van der Waals surface area contributed by atoms with Gasteiger partial charge in [-0.15, -0.1) is 0 Å². The Bertz CT molecular complexity index is 634. The molecule has 0 radical (unpaired) electrons. The molecule has 0 heterocycles. The molecule has 2 saturated carbocycles. The molecule has 4 heteroatoms. The van der Waals surface area contributed by atoms with Gasteiger partial charge in [0.15, 0.2) is 0 Å². The molecule has 3 aliphatic rings. The maximum atomic E-state index is 12.5. The highest BCUT2D eigenvalue weighted by atomic mass is 19.1. The van der Waals surface area contributed by atoms with Gasteiger partial charge in [0.05, 0.1) is 19.3 Å². The fourth-order valence-corrected chi connectivity index (χ4v) is 6.30. The highest BCUT2D eigenvalue weighted by molar-refractivity contribution is 5.40. The van der Waals surface area contributed by atoms with E-state index in [0.29, 0.717) is 36.0 Å². The van der Waals surface area contributed by atoms with E-state index in [1.165, 1.54) is 11.1 Å². The van der Waals surface area contributed by atoms with E-state index in [4.69, 9.17) is 4.74 Å². The smallest absolute Gasteiger partial charge is 0.115 e. The first-order valence-corrected chi connectivity index (χ1v) is 9.68. The Morgan fingerprint density at radius 1 is 1.28 bits per heavy atom. The molecule has 25 heavy (non-hydrogen) atoms. The number of aromatic hydroxyl groups is 1. The predicted octanol–water partition coefficient (Wildman–Crippen LogP) is 3.82. The molecule has 0 aliphatic heterocycles. The van der Waals surface area contributed by atoms with Crippen molar-refractivity contribution in [2.45, 2.75) is 51.0 Å². The number of ether oxygens (including phenoxy) is 1. The average molecular weight is 348 g/mol. The number of rotatable bonds is 4. The molecule has 0 spiro atoms. The molecule has 3 aliphatic carbocycles. The van der Waals surface area contributed by atoms with Crippen molar-refractivity contribution in [1.82, 2.24) is 0 Å². The van der Waals surface area contributed by atoms with Crippen LogP contribution in [0.15, 0.2) is 18.2 Å². The molecule has 0 amide bonds. The molecular formula is C21H29FO3. The lowest BCUT2D eigenvalue weighted by molar-refractivity contribution is -0.0679. The van der Waals surface area contributed by atoms with Crippen molar-refractivity contribution in [3.8, 4) is 5.75 Å². The molecule has 6 atom stereocenters. The van der Waals surface area contributed by atoms with Gasteiger partial charge in [0.25, 0.3) is 0 Å². The van der Waals surface area contributed by atoms with Crippen molar-refractivity contribution in [3.05, 3.63) is 29.3 Å². The molecule has 4 rings (SSSR count). The lowest BCUT2D eigenvalue weighted by Crippen LogP contribution is -2.49. The fraction of sp³-hybridized carbons (Fsp3) is 0.714. The van der Waals surface area contributed by atoms with Gasteiger partial charge < -0.3 is 14.9 Å². The van der Waals surface area contributed by atoms with E-state index < -0.39 is 6.67 Å². The summed E-state index contributed by atoms with van der Waals surface area (Å²) >= 11 is 0. The van der Waals surface area contributed by atoms with E-state index in [9.17, 15) is 14.6 Å². The summed E-state index contributed by atoms with van der Waals surface area (Å²) in [5, 5.41) is 20.5. The molecular weight excluding hydrogens is 319 g/mol. The van der Waals surface area contributed by atoms with Gasteiger partial charge in [0.1, 0.15) is 12.4 Å². The first-order chi connectivity index (χ1) is 12.0. The Kier molecular flexibility index (Phi) is 4.53. The van der Waals surface area contributed by atoms with Crippen molar-refractivity contribution in [2.75, 3.05) is 19.9 Å². The van der Waals surface area contributed by atoms with Crippen molar-refractivity contribution in [2.24, 2.45) is 23.2 Å². The minimum atomic E-state index is -0.451. The molecule has 1 aromatic rings. The van der Waals surface area contributed by atoms with Crippen molar-refractivity contribution in [1.29, 1.82) is 0 Å². The lowest BCUT2D eigenvalue weighted by atomic mass is 9.52. The fourth-order valence-electron chi connectivity index (χ4n) is 6.30. The summed E-state index contributed by atoms with van der Waals surface area (Å²) in [6, 6.07) is 5.78. The Labute approximate surface area is 149 Å². The third-order valence-electron chi connectivity index (χ3n) is 7.33. The minimum Gasteiger partial charge on any atom is -0.508 e. The van der Waals surface area contributed by atoms with E-state index in [1.807, 2.05) is 6.07 Å². The van der Waals surface area contributed by atoms with E-state index in [-0.39, 0.29) is 18.1 Å². The molecule has 2 fully saturated rings. The number of fused-ring (bicyclic) bond motifs is 5. The van der Waals surface area contributed by atoms with Crippen LogP contribution >= 0.6 is 0 Å². The number of hydrogen-bond acceptors (Lipinski definition) is 3. The Hall–Kier alpha value is -1.13. The second kappa shape index (κ2) is 6.55. The van der Waals surface area contributed by atoms with Gasteiger partial charge >= 0.3 is 0 Å². The van der Waals surface area contributed by atoms with Crippen molar-refractivity contribution < 1.29 is 19.3 Å². The van der Waals surface area contributed by atoms with Gasteiger partial charge in [0, 0.05) is 0 Å². The molecule has 1 aromatic carbocycles. The van der Waals surface area contributed by atoms with Gasteiger partial charge in [-0.2, -0.15) is 0 Å². The zero-order chi connectivity index (χ0) is 17.6. The summed E-state index contributed by atoms with van der Waals surface area (Å²) in [6.45, 7) is 2.51. The molecule has 138 valence electrons. The number of aliphatic hydroxyl groups excluding tert-OH is 1. The quantitative estimate of drug-likeness (QED) is 0.813. The van der Waals surface area contributed by atoms with E-state index in [1.54, 1.807) is 6.07 Å². The summed E-state index contributed by atoms with van der Waals surface area (Å²) in [5.74, 6) is 2.12. The van der Waals surface area contributed by atoms with E-state index in [0.717, 1.165) is 32.1 Å². The first-order valence-electron chi connectivity index (χ1n) is 9.68. The number of alkyl halides is 1. The second-order valence-electron chi connectivity index (χ2n) is 8.54. The highest BCUT2D eigenvalue weighted by Gasteiger charge is 2.57. The number of phenolic OH excluding ortho intramolecular Hbond substituents is 1. The SMILES string of the molecule is CC12C[C@H](COCCF)C3c4ccc(O)cc4CCC3C1CCC2O. The van der Waals surface area contributed by atoms with Gasteiger partial charge in [0.2, 0.25) is 0 Å². The minimum absolute atomic E-state index is 0.0423. The third-order valence-corrected chi connectivity index (χ3v) is 7.33. The van der Waals surface area contributed by atoms with E-state index in [2.05, 4.69) is 13.0 Å². The molecule has 5 unspecified atom stereocenters. The number of aryl methyl sites for hydroxylation is 1. The largest absolute Gasteiger partial charge is 0.508 e. The van der Waals surface area contributed by atoms with Crippen molar-refractivity contribution in [3.63, 3.8) is 0 Å². The van der Waals surface area contributed by atoms with Crippen LogP contribution in [0.3, 0.4) is 0 Å². The van der Waals surface area contributed by atoms with Gasteiger partial charge in [-0.1, -0.05) is 13.0 Å². The van der Waals surface area contributed by atoms with Crippen LogP contribution < -0.4 is 0 Å². The van der Waals surface area contributed by atoms with Gasteiger partial charge in [-0.25, -0.2) is 4.39 Å². The van der Waals surface area contributed by atoms with Crippen LogP contribution in [0.5, 0.6) is 5.75 Å². The van der Waals surface area contributed by atoms with Crippen LogP contribution in [0.25, 0.3) is 0 Å². The maximum absolute atomic E-state index is 12.5. The molecule has 0 saturated heterocycles. The van der Waals surface area contributed by atoms with Gasteiger partial charge in [-0.3, -0.25) is 0 Å². The first kappa shape index (κ1) is 17.3. The number of aliphatic hydroxyl groups is 1. The van der Waals surface area contributed by atoms with Crippen LogP contribution in [-0.2, 0) is 11.2 Å². The topological polar surface area (TPSA) is 49.7 Å². The van der Waals surface area contributed by atoms with Crippen LogP contribution in [0.1, 0.15) is 49.7 Å². The summed E-state index contributed by atoms with van der Waals surface area (Å²) in [4.78, 5) is 0. The molecule has 2 N–H and O–H groups in total. The summed E-state index contributed by atoms with van der Waals surface area (Å²) in [6.07, 6.45) is 4.80. The normalized spacial score (nSPS) is 39.6. The average Bonchev–Trinajstić information content (AvgIpc) is 2.89. The number of benzene rings is 1. The second-order valence-corrected chi connectivity index (χ2v) is 8.54. The van der Waals surface area contributed by atoms with Crippen molar-refractivity contribution >= 4 is 0 Å². The highest BCUT2D eigenvalue weighted by Crippen LogP contribution is 2.62. The van der Waals surface area contributed by atoms with Crippen LogP contribution in [0, 0.1) is 23.2 Å². The van der Waals surface area contributed by atoms with Crippen LogP contribution in [0.4, 0.5) is 4.39 Å². The molecule has 3 nitrogen and oxygen atoms in total. The monoisotopic (exact) mass is 348 g/mol. The third kappa shape index (κ3) is 2.78. The zero-order valence-electron chi connectivity index (χ0n) is 15.0.